The molecule has 2 N–H and O–H groups in total. The van der Waals surface area contributed by atoms with Crippen molar-refractivity contribution in [2.24, 2.45) is 0 Å². The van der Waals surface area contributed by atoms with E-state index in [0.717, 1.165) is 0 Å². The molecule has 0 saturated heterocycles. The predicted molar refractivity (Wildman–Crippen MR) is 85.3 cm³/mol. The number of carbonyl (C=O) groups is 2. The van der Waals surface area contributed by atoms with Gasteiger partial charge in [-0.2, -0.15) is 5.26 Å². The zero-order valence-electron chi connectivity index (χ0n) is 12.9. The summed E-state index contributed by atoms with van der Waals surface area (Å²) in [7, 11) is 1.53. The molecule has 0 heterocycles. The van der Waals surface area contributed by atoms with Gasteiger partial charge in [-0.05, 0) is 36.4 Å². The molecular formula is C17H15N3O4. The maximum Gasteiger partial charge on any atom is 0.276 e. The van der Waals surface area contributed by atoms with Gasteiger partial charge in [-0.15, -0.1) is 0 Å². The number of methoxy groups -OCH3 is 1. The molecule has 0 saturated carbocycles. The van der Waals surface area contributed by atoms with Crippen molar-refractivity contribution in [3.8, 4) is 17.6 Å². The Morgan fingerprint density at radius 1 is 1.08 bits per heavy atom. The molecule has 0 radical (unpaired) electrons. The van der Waals surface area contributed by atoms with Gasteiger partial charge in [-0.1, -0.05) is 12.1 Å². The maximum absolute atomic E-state index is 11.9. The SMILES string of the molecule is COc1ccc(C(=O)NNC(=O)COc2ccccc2C#N)cc1. The van der Waals surface area contributed by atoms with Crippen LogP contribution in [-0.4, -0.2) is 25.5 Å². The number of ether oxygens (including phenoxy) is 2. The fraction of sp³-hybridized carbons (Fsp3) is 0.118. The van der Waals surface area contributed by atoms with Crippen LogP contribution >= 0.6 is 0 Å². The first-order chi connectivity index (χ1) is 11.6. The van der Waals surface area contributed by atoms with Crippen LogP contribution in [0.1, 0.15) is 15.9 Å². The average molecular weight is 325 g/mol. The predicted octanol–water partition coefficient (Wildman–Crippen LogP) is 1.41. The summed E-state index contributed by atoms with van der Waals surface area (Å²) < 4.78 is 10.3. The summed E-state index contributed by atoms with van der Waals surface area (Å²) in [5.41, 5.74) is 5.21. The minimum atomic E-state index is -0.551. The Kier molecular flexibility index (Phi) is 5.75. The first kappa shape index (κ1) is 16.8. The molecule has 0 aliphatic heterocycles. The molecule has 0 atom stereocenters. The molecule has 0 aliphatic rings. The molecule has 122 valence electrons. The van der Waals surface area contributed by atoms with Crippen molar-refractivity contribution in [2.45, 2.75) is 0 Å². The van der Waals surface area contributed by atoms with Crippen LogP contribution in [0.15, 0.2) is 48.5 Å². The molecule has 0 fully saturated rings. The van der Waals surface area contributed by atoms with Gasteiger partial charge in [-0.3, -0.25) is 20.4 Å². The second-order valence-electron chi connectivity index (χ2n) is 4.63. The van der Waals surface area contributed by atoms with Crippen molar-refractivity contribution >= 4 is 11.8 Å². The zero-order chi connectivity index (χ0) is 17.4. The van der Waals surface area contributed by atoms with E-state index in [1.54, 1.807) is 48.5 Å². The smallest absolute Gasteiger partial charge is 0.276 e. The third-order valence-corrected chi connectivity index (χ3v) is 3.03. The maximum atomic E-state index is 11.9. The van der Waals surface area contributed by atoms with Crippen molar-refractivity contribution in [1.29, 1.82) is 5.26 Å². The molecule has 0 spiro atoms. The Morgan fingerprint density at radius 2 is 1.79 bits per heavy atom. The van der Waals surface area contributed by atoms with E-state index in [4.69, 9.17) is 14.7 Å². The number of carbonyl (C=O) groups excluding carboxylic acids is 2. The summed E-state index contributed by atoms with van der Waals surface area (Å²) in [6.07, 6.45) is 0. The number of rotatable bonds is 5. The average Bonchev–Trinajstić information content (AvgIpc) is 2.64. The number of nitrogens with zero attached hydrogens (tertiary/aromatic N) is 1. The Morgan fingerprint density at radius 3 is 2.46 bits per heavy atom. The molecule has 7 nitrogen and oxygen atoms in total. The molecule has 7 heteroatoms. The third kappa shape index (κ3) is 4.48. The highest BCUT2D eigenvalue weighted by molar-refractivity contribution is 5.95. The van der Waals surface area contributed by atoms with E-state index in [1.165, 1.54) is 7.11 Å². The Balaban J connectivity index is 1.82. The molecule has 0 unspecified atom stereocenters. The summed E-state index contributed by atoms with van der Waals surface area (Å²) in [6.45, 7) is -0.332. The molecule has 2 aromatic carbocycles. The molecule has 24 heavy (non-hydrogen) atoms. The summed E-state index contributed by atoms with van der Waals surface area (Å²) in [4.78, 5) is 23.6. The van der Waals surface area contributed by atoms with Crippen LogP contribution in [0.2, 0.25) is 0 Å². The minimum Gasteiger partial charge on any atom is -0.497 e. The second-order valence-corrected chi connectivity index (χ2v) is 4.63. The van der Waals surface area contributed by atoms with E-state index < -0.39 is 11.8 Å². The lowest BCUT2D eigenvalue weighted by molar-refractivity contribution is -0.123. The molecule has 0 aliphatic carbocycles. The van der Waals surface area contributed by atoms with Crippen molar-refractivity contribution < 1.29 is 19.1 Å². The number of nitrogens with one attached hydrogen (secondary N) is 2. The van der Waals surface area contributed by atoms with Gasteiger partial charge < -0.3 is 9.47 Å². The molecule has 2 aromatic rings. The normalized spacial score (nSPS) is 9.50. The number of hydrazine groups is 1. The lowest BCUT2D eigenvalue weighted by Gasteiger charge is -2.09. The molecule has 2 rings (SSSR count). The lowest BCUT2D eigenvalue weighted by Crippen LogP contribution is -2.43. The van der Waals surface area contributed by atoms with Crippen LogP contribution in [0.25, 0.3) is 0 Å². The van der Waals surface area contributed by atoms with E-state index in [-0.39, 0.29) is 6.61 Å². The van der Waals surface area contributed by atoms with Crippen LogP contribution < -0.4 is 20.3 Å². The van der Waals surface area contributed by atoms with Crippen LogP contribution in [0.3, 0.4) is 0 Å². The van der Waals surface area contributed by atoms with Crippen LogP contribution in [0.5, 0.6) is 11.5 Å². The summed E-state index contributed by atoms with van der Waals surface area (Å²) in [5.74, 6) is -0.0928. The highest BCUT2D eigenvalue weighted by Crippen LogP contribution is 2.16. The summed E-state index contributed by atoms with van der Waals surface area (Å²) >= 11 is 0. The van der Waals surface area contributed by atoms with Gasteiger partial charge in [0.05, 0.1) is 12.7 Å². The first-order valence-corrected chi connectivity index (χ1v) is 6.99. The highest BCUT2D eigenvalue weighted by atomic mass is 16.5. The van der Waals surface area contributed by atoms with Crippen LogP contribution in [-0.2, 0) is 4.79 Å². The number of amides is 2. The van der Waals surface area contributed by atoms with Gasteiger partial charge in [-0.25, -0.2) is 0 Å². The van der Waals surface area contributed by atoms with E-state index >= 15 is 0 Å². The number of benzene rings is 2. The monoisotopic (exact) mass is 325 g/mol. The van der Waals surface area contributed by atoms with Gasteiger partial charge >= 0.3 is 0 Å². The van der Waals surface area contributed by atoms with E-state index in [1.807, 2.05) is 6.07 Å². The number of hydrogen-bond acceptors (Lipinski definition) is 5. The van der Waals surface area contributed by atoms with Crippen molar-refractivity contribution in [2.75, 3.05) is 13.7 Å². The number of hydrogen-bond donors (Lipinski definition) is 2. The standard InChI is InChI=1S/C17H15N3O4/c1-23-14-8-6-12(7-9-14)17(22)20-19-16(21)11-24-15-5-3-2-4-13(15)10-18/h2-9H,11H2,1H3,(H,19,21)(H,20,22). The van der Waals surface area contributed by atoms with Gasteiger partial charge in [0.1, 0.15) is 17.6 Å². The first-order valence-electron chi connectivity index (χ1n) is 6.99. The van der Waals surface area contributed by atoms with Crippen molar-refractivity contribution in [3.63, 3.8) is 0 Å². The van der Waals surface area contributed by atoms with Gasteiger partial charge in [0.25, 0.3) is 11.8 Å². The van der Waals surface area contributed by atoms with E-state index in [2.05, 4.69) is 10.9 Å². The molecule has 0 aromatic heterocycles. The van der Waals surface area contributed by atoms with Crippen LogP contribution in [0.4, 0.5) is 0 Å². The van der Waals surface area contributed by atoms with Crippen molar-refractivity contribution in [1.82, 2.24) is 10.9 Å². The zero-order valence-corrected chi connectivity index (χ0v) is 12.9. The number of nitriles is 1. The highest BCUT2D eigenvalue weighted by Gasteiger charge is 2.09. The molecule has 2 amide bonds. The fourth-order valence-electron chi connectivity index (χ4n) is 1.81. The van der Waals surface area contributed by atoms with Crippen molar-refractivity contribution in [3.05, 3.63) is 59.7 Å². The van der Waals surface area contributed by atoms with E-state index in [9.17, 15) is 9.59 Å². The lowest BCUT2D eigenvalue weighted by atomic mass is 10.2. The van der Waals surface area contributed by atoms with Crippen LogP contribution in [0, 0.1) is 11.3 Å². The second kappa shape index (κ2) is 8.19. The van der Waals surface area contributed by atoms with Gasteiger partial charge in [0.15, 0.2) is 6.61 Å². The Hall–Kier alpha value is -3.53. The third-order valence-electron chi connectivity index (χ3n) is 3.03. The Bertz CT molecular complexity index is 766. The largest absolute Gasteiger partial charge is 0.497 e. The molecular weight excluding hydrogens is 310 g/mol. The topological polar surface area (TPSA) is 100 Å². The Labute approximate surface area is 138 Å². The van der Waals surface area contributed by atoms with Gasteiger partial charge in [0, 0.05) is 5.56 Å². The van der Waals surface area contributed by atoms with Gasteiger partial charge in [0.2, 0.25) is 0 Å². The minimum absolute atomic E-state index is 0.302. The number of para-hydroxylation sites is 1. The quantitative estimate of drug-likeness (QED) is 0.810. The van der Waals surface area contributed by atoms with E-state index in [0.29, 0.717) is 22.6 Å². The molecule has 0 bridgehead atoms. The summed E-state index contributed by atoms with van der Waals surface area (Å²) in [5, 5.41) is 8.93. The fourth-order valence-corrected chi connectivity index (χ4v) is 1.81. The summed E-state index contributed by atoms with van der Waals surface area (Å²) in [6, 6.07) is 14.9.